The van der Waals surface area contributed by atoms with Gasteiger partial charge in [-0.2, -0.15) is 0 Å². The maximum Gasteiger partial charge on any atom is 0.00140 e. The van der Waals surface area contributed by atoms with E-state index in [-0.39, 0.29) is 23.4 Å². The van der Waals surface area contributed by atoms with E-state index in [0.717, 1.165) is 0 Å². The summed E-state index contributed by atoms with van der Waals surface area (Å²) in [6.07, 6.45) is 0. The van der Waals surface area contributed by atoms with Gasteiger partial charge in [-0.15, -0.1) is 0 Å². The monoisotopic (exact) mass is 247 g/mol. The number of rotatable bonds is 6. The molecule has 0 heterocycles. The van der Waals surface area contributed by atoms with E-state index in [4.69, 9.17) is 17.2 Å². The molecule has 0 radical (unpaired) electrons. The van der Waals surface area contributed by atoms with Gasteiger partial charge in [0.1, 0.15) is 0 Å². The maximum absolute atomic E-state index is 5.94. The summed E-state index contributed by atoms with van der Waals surface area (Å²) >= 11 is 0. The van der Waals surface area contributed by atoms with E-state index in [2.05, 4.69) is 41.5 Å². The number of hydrogen-bond acceptors (Lipinski definition) is 3. The van der Waals surface area contributed by atoms with Crippen molar-refractivity contribution in [3.05, 3.63) is 0 Å². The molecule has 6 N–H and O–H groups in total. The Labute approximate surface area is 102 Å². The SMILES string of the molecule is CC(C)(CN)P(C(C)(C)CN)C(C)(C)CN. The lowest BCUT2D eigenvalue weighted by molar-refractivity contribution is 0.583. The van der Waals surface area contributed by atoms with Gasteiger partial charge in [0, 0.05) is 19.6 Å². The van der Waals surface area contributed by atoms with Gasteiger partial charge >= 0.3 is 0 Å². The molecular weight excluding hydrogens is 217 g/mol. The first-order valence-corrected chi connectivity index (χ1v) is 7.30. The Morgan fingerprint density at radius 1 is 0.625 bits per heavy atom. The zero-order valence-corrected chi connectivity index (χ0v) is 12.7. The van der Waals surface area contributed by atoms with Crippen LogP contribution in [0.15, 0.2) is 0 Å². The lowest BCUT2D eigenvalue weighted by Crippen LogP contribution is -2.48. The summed E-state index contributed by atoms with van der Waals surface area (Å²) in [5, 5.41) is 0.337. The lowest BCUT2D eigenvalue weighted by Gasteiger charge is -2.52. The standard InChI is InChI=1S/C12H30N3P/c1-10(2,7-13)16(11(3,4)8-14)12(5,6)9-15/h7-9,13-15H2,1-6H3. The minimum Gasteiger partial charge on any atom is -0.330 e. The van der Waals surface area contributed by atoms with Crippen molar-refractivity contribution in [1.29, 1.82) is 0 Å². The van der Waals surface area contributed by atoms with Crippen molar-refractivity contribution in [2.45, 2.75) is 57.0 Å². The minimum absolute atomic E-state index is 0.112. The summed E-state index contributed by atoms with van der Waals surface area (Å²) in [5.74, 6) is 0. The van der Waals surface area contributed by atoms with E-state index >= 15 is 0 Å². The Hall–Kier alpha value is 0.310. The molecule has 0 aromatic rings. The molecule has 0 spiro atoms. The van der Waals surface area contributed by atoms with Gasteiger partial charge in [-0.3, -0.25) is 0 Å². The van der Waals surface area contributed by atoms with E-state index in [9.17, 15) is 0 Å². The Morgan fingerprint density at radius 3 is 0.938 bits per heavy atom. The minimum atomic E-state index is -0.366. The predicted molar refractivity (Wildman–Crippen MR) is 76.3 cm³/mol. The van der Waals surface area contributed by atoms with Crippen molar-refractivity contribution >= 4 is 7.92 Å². The van der Waals surface area contributed by atoms with E-state index in [1.165, 1.54) is 0 Å². The van der Waals surface area contributed by atoms with Crippen LogP contribution in [0.3, 0.4) is 0 Å². The van der Waals surface area contributed by atoms with Crippen LogP contribution in [0.25, 0.3) is 0 Å². The molecule has 0 unspecified atom stereocenters. The fourth-order valence-electron chi connectivity index (χ4n) is 2.73. The molecular formula is C12H30N3P. The molecule has 4 heteroatoms. The first-order valence-electron chi connectivity index (χ1n) is 5.96. The van der Waals surface area contributed by atoms with Crippen LogP contribution in [0.4, 0.5) is 0 Å². The van der Waals surface area contributed by atoms with Gasteiger partial charge in [-0.25, -0.2) is 0 Å². The largest absolute Gasteiger partial charge is 0.330 e. The second-order valence-electron chi connectivity index (χ2n) is 6.39. The third-order valence-corrected chi connectivity index (χ3v) is 7.49. The molecule has 0 atom stereocenters. The molecule has 3 nitrogen and oxygen atoms in total. The van der Waals surface area contributed by atoms with E-state index in [0.29, 0.717) is 19.6 Å². The fourth-order valence-corrected chi connectivity index (χ4v) is 8.20. The van der Waals surface area contributed by atoms with Gasteiger partial charge < -0.3 is 17.2 Å². The van der Waals surface area contributed by atoms with E-state index in [1.807, 2.05) is 0 Å². The van der Waals surface area contributed by atoms with Crippen LogP contribution in [-0.2, 0) is 0 Å². The van der Waals surface area contributed by atoms with Crippen LogP contribution in [0, 0.1) is 0 Å². The van der Waals surface area contributed by atoms with Crippen molar-refractivity contribution in [2.75, 3.05) is 19.6 Å². The molecule has 0 aliphatic heterocycles. The van der Waals surface area contributed by atoms with Crippen molar-refractivity contribution in [3.8, 4) is 0 Å². The van der Waals surface area contributed by atoms with Crippen LogP contribution in [0.2, 0.25) is 0 Å². The summed E-state index contributed by atoms with van der Waals surface area (Å²) in [4.78, 5) is 0. The Balaban J connectivity index is 5.40. The molecule has 0 saturated heterocycles. The summed E-state index contributed by atoms with van der Waals surface area (Å²) < 4.78 is 0. The molecule has 0 aromatic heterocycles. The molecule has 0 aliphatic rings. The number of nitrogens with two attached hydrogens (primary N) is 3. The van der Waals surface area contributed by atoms with Gasteiger partial charge in [0.2, 0.25) is 0 Å². The van der Waals surface area contributed by atoms with Crippen molar-refractivity contribution < 1.29 is 0 Å². The first kappa shape index (κ1) is 16.3. The smallest absolute Gasteiger partial charge is 0.00140 e. The van der Waals surface area contributed by atoms with Crippen LogP contribution >= 0.6 is 7.92 Å². The Kier molecular flexibility index (Phi) is 5.41. The van der Waals surface area contributed by atoms with Crippen molar-refractivity contribution in [1.82, 2.24) is 0 Å². The maximum atomic E-state index is 5.94. The van der Waals surface area contributed by atoms with Crippen LogP contribution in [0.5, 0.6) is 0 Å². The molecule has 0 saturated carbocycles. The molecule has 0 aromatic carbocycles. The second-order valence-corrected chi connectivity index (χ2v) is 10.7. The highest BCUT2D eigenvalue weighted by Gasteiger charge is 2.46. The fraction of sp³-hybridized carbons (Fsp3) is 1.00. The highest BCUT2D eigenvalue weighted by Crippen LogP contribution is 2.66. The molecule has 16 heavy (non-hydrogen) atoms. The van der Waals surface area contributed by atoms with Gasteiger partial charge in [0.05, 0.1) is 0 Å². The van der Waals surface area contributed by atoms with Crippen LogP contribution in [-0.4, -0.2) is 35.1 Å². The van der Waals surface area contributed by atoms with Crippen molar-refractivity contribution in [2.24, 2.45) is 17.2 Å². The molecule has 0 bridgehead atoms. The third-order valence-electron chi connectivity index (χ3n) is 3.31. The highest BCUT2D eigenvalue weighted by atomic mass is 31.1. The Bertz CT molecular complexity index is 186. The van der Waals surface area contributed by atoms with Gasteiger partial charge in [0.15, 0.2) is 0 Å². The van der Waals surface area contributed by atoms with E-state index < -0.39 is 0 Å². The first-order chi connectivity index (χ1) is 7.05. The molecule has 0 rings (SSSR count). The second kappa shape index (κ2) is 5.30. The average molecular weight is 247 g/mol. The molecule has 0 fully saturated rings. The average Bonchev–Trinajstić information content (AvgIpc) is 2.16. The lowest BCUT2D eigenvalue weighted by atomic mass is 10.2. The van der Waals surface area contributed by atoms with Gasteiger partial charge in [-0.05, 0) is 15.5 Å². The summed E-state index contributed by atoms with van der Waals surface area (Å²) in [6.45, 7) is 15.5. The Morgan fingerprint density at radius 2 is 0.812 bits per heavy atom. The van der Waals surface area contributed by atoms with Gasteiger partial charge in [-0.1, -0.05) is 49.5 Å². The predicted octanol–water partition coefficient (Wildman–Crippen LogP) is 1.68. The van der Waals surface area contributed by atoms with Gasteiger partial charge in [0.25, 0.3) is 0 Å². The van der Waals surface area contributed by atoms with Crippen LogP contribution < -0.4 is 17.2 Å². The number of hydrogen-bond donors (Lipinski definition) is 3. The topological polar surface area (TPSA) is 78.1 Å². The normalized spacial score (nSPS) is 14.6. The molecule has 0 amide bonds. The zero-order chi connectivity index (χ0) is 13.2. The molecule has 0 aliphatic carbocycles. The summed E-state index contributed by atoms with van der Waals surface area (Å²) in [5.41, 5.74) is 17.8. The quantitative estimate of drug-likeness (QED) is 0.625. The molecule has 98 valence electrons. The van der Waals surface area contributed by atoms with Crippen LogP contribution in [0.1, 0.15) is 41.5 Å². The highest BCUT2D eigenvalue weighted by molar-refractivity contribution is 7.62. The summed E-state index contributed by atoms with van der Waals surface area (Å²) in [7, 11) is -0.366. The van der Waals surface area contributed by atoms with Crippen molar-refractivity contribution in [3.63, 3.8) is 0 Å². The third kappa shape index (κ3) is 3.40. The zero-order valence-electron chi connectivity index (χ0n) is 11.8. The summed E-state index contributed by atoms with van der Waals surface area (Å²) in [6, 6.07) is 0. The van der Waals surface area contributed by atoms with E-state index in [1.54, 1.807) is 0 Å².